The Morgan fingerprint density at radius 1 is 1.43 bits per heavy atom. The number of hydrogen-bond donors (Lipinski definition) is 0. The molecule has 14 heavy (non-hydrogen) atoms. The highest BCUT2D eigenvalue weighted by atomic mass is 35.5. The van der Waals surface area contributed by atoms with Crippen LogP contribution in [0.3, 0.4) is 0 Å². The molecule has 0 saturated heterocycles. The van der Waals surface area contributed by atoms with E-state index in [2.05, 4.69) is 25.7 Å². The van der Waals surface area contributed by atoms with E-state index in [4.69, 9.17) is 11.6 Å². The molecule has 0 aromatic heterocycles. The van der Waals surface area contributed by atoms with Crippen LogP contribution in [0.5, 0.6) is 0 Å². The van der Waals surface area contributed by atoms with Crippen molar-refractivity contribution in [2.75, 3.05) is 0 Å². The molecule has 1 aromatic carbocycles. The summed E-state index contributed by atoms with van der Waals surface area (Å²) in [6.07, 6.45) is 0.824. The molecule has 0 fully saturated rings. The maximum absolute atomic E-state index is 13.0. The summed E-state index contributed by atoms with van der Waals surface area (Å²) in [6, 6.07) is 4.60. The number of rotatable bonds is 1. The van der Waals surface area contributed by atoms with Crippen LogP contribution in [0.25, 0.3) is 0 Å². The molecule has 74 valence electrons. The molecular formula is C12H12ClF. The van der Waals surface area contributed by atoms with Gasteiger partial charge in [0.2, 0.25) is 0 Å². The lowest BCUT2D eigenvalue weighted by atomic mass is 10.1. The molecule has 0 saturated carbocycles. The van der Waals surface area contributed by atoms with Crippen LogP contribution in [-0.2, 0) is 0 Å². The van der Waals surface area contributed by atoms with E-state index in [1.165, 1.54) is 12.1 Å². The molecule has 0 bridgehead atoms. The van der Waals surface area contributed by atoms with Gasteiger partial charge in [0, 0.05) is 12.0 Å². The zero-order valence-electron chi connectivity index (χ0n) is 8.27. The molecule has 0 aliphatic rings. The van der Waals surface area contributed by atoms with Crippen molar-refractivity contribution in [1.82, 2.24) is 0 Å². The quantitative estimate of drug-likeness (QED) is 0.618. The molecule has 0 nitrogen and oxygen atoms in total. The van der Waals surface area contributed by atoms with Crippen LogP contribution in [-0.4, -0.2) is 0 Å². The first kappa shape index (κ1) is 11.1. The van der Waals surface area contributed by atoms with E-state index in [1.807, 2.05) is 0 Å². The summed E-state index contributed by atoms with van der Waals surface area (Å²) in [7, 11) is 0. The highest BCUT2D eigenvalue weighted by Crippen LogP contribution is 2.14. The Kier molecular flexibility index (Phi) is 3.98. The Balaban J connectivity index is 2.76. The molecule has 0 aliphatic heterocycles. The zero-order chi connectivity index (χ0) is 10.6. The maximum atomic E-state index is 13.0. The molecule has 0 atom stereocenters. The summed E-state index contributed by atoms with van der Waals surface area (Å²) in [5.41, 5.74) is 0.674. The minimum atomic E-state index is -0.414. The van der Waals surface area contributed by atoms with Crippen LogP contribution < -0.4 is 0 Å². The summed E-state index contributed by atoms with van der Waals surface area (Å²) in [4.78, 5) is 0. The standard InChI is InChI=1S/C12H12ClF/c1-9(2)4-3-5-10-6-7-11(13)12(14)8-10/h6-9H,4H2,1-2H3. The lowest BCUT2D eigenvalue weighted by Crippen LogP contribution is -1.83. The summed E-state index contributed by atoms with van der Waals surface area (Å²) in [5.74, 6) is 6.01. The largest absolute Gasteiger partial charge is 0.205 e. The first-order valence-corrected chi connectivity index (χ1v) is 4.91. The van der Waals surface area contributed by atoms with Gasteiger partial charge in [0.25, 0.3) is 0 Å². The van der Waals surface area contributed by atoms with Gasteiger partial charge in [-0.1, -0.05) is 37.3 Å². The second-order valence-electron chi connectivity index (χ2n) is 3.53. The van der Waals surface area contributed by atoms with Gasteiger partial charge < -0.3 is 0 Å². The fourth-order valence-electron chi connectivity index (χ4n) is 0.931. The van der Waals surface area contributed by atoms with Crippen molar-refractivity contribution in [2.45, 2.75) is 20.3 Å². The van der Waals surface area contributed by atoms with E-state index in [1.54, 1.807) is 6.07 Å². The molecule has 0 amide bonds. The Hall–Kier alpha value is -1.00. The van der Waals surface area contributed by atoms with E-state index in [0.717, 1.165) is 6.42 Å². The Bertz CT molecular complexity index is 372. The predicted molar refractivity (Wildman–Crippen MR) is 57.7 cm³/mol. The van der Waals surface area contributed by atoms with Gasteiger partial charge in [-0.05, 0) is 24.1 Å². The van der Waals surface area contributed by atoms with E-state index in [0.29, 0.717) is 11.5 Å². The monoisotopic (exact) mass is 210 g/mol. The van der Waals surface area contributed by atoms with Crippen LogP contribution in [0.2, 0.25) is 5.02 Å². The Labute approximate surface area is 89.1 Å². The molecule has 0 unspecified atom stereocenters. The maximum Gasteiger partial charge on any atom is 0.143 e. The third kappa shape index (κ3) is 3.40. The lowest BCUT2D eigenvalue weighted by molar-refractivity contribution is 0.628. The molecule has 2 heteroatoms. The summed E-state index contributed by atoms with van der Waals surface area (Å²) >= 11 is 5.54. The van der Waals surface area contributed by atoms with Gasteiger partial charge in [-0.2, -0.15) is 0 Å². The van der Waals surface area contributed by atoms with Crippen LogP contribution in [0.1, 0.15) is 25.8 Å². The van der Waals surface area contributed by atoms with E-state index in [9.17, 15) is 4.39 Å². The lowest BCUT2D eigenvalue weighted by Gasteiger charge is -1.95. The fraction of sp³-hybridized carbons (Fsp3) is 0.333. The van der Waals surface area contributed by atoms with Gasteiger partial charge >= 0.3 is 0 Å². The third-order valence-corrected chi connectivity index (χ3v) is 1.97. The first-order chi connectivity index (χ1) is 6.59. The van der Waals surface area contributed by atoms with Gasteiger partial charge in [-0.25, -0.2) is 4.39 Å². The van der Waals surface area contributed by atoms with Gasteiger partial charge in [-0.3, -0.25) is 0 Å². The summed E-state index contributed by atoms with van der Waals surface area (Å²) in [6.45, 7) is 4.19. The van der Waals surface area contributed by atoms with Crippen molar-refractivity contribution in [3.8, 4) is 11.8 Å². The van der Waals surface area contributed by atoms with Gasteiger partial charge in [0.1, 0.15) is 5.82 Å². The van der Waals surface area contributed by atoms with Crippen molar-refractivity contribution in [3.63, 3.8) is 0 Å². The average molecular weight is 211 g/mol. The van der Waals surface area contributed by atoms with E-state index >= 15 is 0 Å². The molecule has 0 spiro atoms. The predicted octanol–water partition coefficient (Wildman–Crippen LogP) is 3.88. The molecule has 1 rings (SSSR count). The van der Waals surface area contributed by atoms with Crippen LogP contribution >= 0.6 is 11.6 Å². The van der Waals surface area contributed by atoms with Crippen molar-refractivity contribution >= 4 is 11.6 Å². The molecular weight excluding hydrogens is 199 g/mol. The highest BCUT2D eigenvalue weighted by Gasteiger charge is 1.98. The van der Waals surface area contributed by atoms with E-state index in [-0.39, 0.29) is 5.02 Å². The molecule has 1 aromatic rings. The second-order valence-corrected chi connectivity index (χ2v) is 3.94. The molecule has 0 aliphatic carbocycles. The fourth-order valence-corrected chi connectivity index (χ4v) is 1.05. The normalized spacial score (nSPS) is 9.79. The molecule has 0 radical (unpaired) electrons. The average Bonchev–Trinajstić information content (AvgIpc) is 2.10. The van der Waals surface area contributed by atoms with Gasteiger partial charge in [0.05, 0.1) is 5.02 Å². The van der Waals surface area contributed by atoms with Gasteiger partial charge in [-0.15, -0.1) is 0 Å². The second kappa shape index (κ2) is 5.02. The molecule has 0 heterocycles. The number of hydrogen-bond acceptors (Lipinski definition) is 0. The number of halogens is 2. The highest BCUT2D eigenvalue weighted by molar-refractivity contribution is 6.30. The SMILES string of the molecule is CC(C)CC#Cc1ccc(Cl)c(F)c1. The van der Waals surface area contributed by atoms with Crippen LogP contribution in [0, 0.1) is 23.6 Å². The summed E-state index contributed by atoms with van der Waals surface area (Å²) < 4.78 is 13.0. The summed E-state index contributed by atoms with van der Waals surface area (Å²) in [5, 5.41) is 0.138. The van der Waals surface area contributed by atoms with Gasteiger partial charge in [0.15, 0.2) is 0 Å². The van der Waals surface area contributed by atoms with Crippen molar-refractivity contribution in [2.24, 2.45) is 5.92 Å². The van der Waals surface area contributed by atoms with E-state index < -0.39 is 5.82 Å². The first-order valence-electron chi connectivity index (χ1n) is 4.53. The minimum absolute atomic E-state index is 0.138. The topological polar surface area (TPSA) is 0 Å². The Morgan fingerprint density at radius 3 is 2.71 bits per heavy atom. The van der Waals surface area contributed by atoms with Crippen molar-refractivity contribution < 1.29 is 4.39 Å². The third-order valence-electron chi connectivity index (χ3n) is 1.66. The number of benzene rings is 1. The molecule has 0 N–H and O–H groups in total. The van der Waals surface area contributed by atoms with Crippen LogP contribution in [0.15, 0.2) is 18.2 Å². The van der Waals surface area contributed by atoms with Crippen LogP contribution in [0.4, 0.5) is 4.39 Å². The smallest absolute Gasteiger partial charge is 0.143 e. The zero-order valence-corrected chi connectivity index (χ0v) is 9.03. The Morgan fingerprint density at radius 2 is 2.14 bits per heavy atom. The van der Waals surface area contributed by atoms with Crippen molar-refractivity contribution in [3.05, 3.63) is 34.6 Å². The van der Waals surface area contributed by atoms with Crippen molar-refractivity contribution in [1.29, 1.82) is 0 Å². The minimum Gasteiger partial charge on any atom is -0.205 e.